The van der Waals surface area contributed by atoms with E-state index in [1.807, 2.05) is 0 Å². The number of fused-ring (bicyclic) bond motifs is 3. The first-order chi connectivity index (χ1) is 16.1. The monoisotopic (exact) mass is 498 g/mol. The van der Waals surface area contributed by atoms with Crippen molar-refractivity contribution in [2.75, 3.05) is 14.1 Å². The summed E-state index contributed by atoms with van der Waals surface area (Å²) in [5, 5.41) is 43.4. The first kappa shape index (κ1) is 24.5. The van der Waals surface area contributed by atoms with Crippen LogP contribution in [-0.4, -0.2) is 74.9 Å². The standard InChI is InChI=1S/C22H21F3N2O8/c1-27(2)15-9-6-7-5-8-11(35-22(23,24)25)4-3-10(28)13(8)16(29)12(7)18(31)21(9,34)19(32)14(17(15)30)20(26)33/h3-4,7,9,15,28,30-31,34H,5-6H2,1-2H3,(H2,26,33)/t7-,9-,15-,21-/m0/s1. The third-order valence-electron chi connectivity index (χ3n) is 6.79. The molecule has 0 heterocycles. The van der Waals surface area contributed by atoms with E-state index in [0.717, 1.165) is 12.1 Å². The molecule has 3 aliphatic rings. The van der Waals surface area contributed by atoms with Gasteiger partial charge in [0.25, 0.3) is 5.91 Å². The lowest BCUT2D eigenvalue weighted by Gasteiger charge is -2.50. The number of halogens is 3. The summed E-state index contributed by atoms with van der Waals surface area (Å²) in [6, 6.07) is 0.453. The van der Waals surface area contributed by atoms with Crippen LogP contribution in [0.5, 0.6) is 11.5 Å². The zero-order chi connectivity index (χ0) is 26.2. The van der Waals surface area contributed by atoms with Gasteiger partial charge < -0.3 is 30.9 Å². The van der Waals surface area contributed by atoms with Crippen LogP contribution in [0.15, 0.2) is 34.8 Å². The van der Waals surface area contributed by atoms with E-state index < -0.39 is 87.0 Å². The molecule has 1 aromatic rings. The highest BCUT2D eigenvalue weighted by Crippen LogP contribution is 2.53. The Morgan fingerprint density at radius 3 is 2.37 bits per heavy atom. The minimum atomic E-state index is -5.09. The molecule has 0 aliphatic heterocycles. The lowest BCUT2D eigenvalue weighted by Crippen LogP contribution is -2.63. The van der Waals surface area contributed by atoms with Crippen molar-refractivity contribution in [2.24, 2.45) is 17.6 Å². The van der Waals surface area contributed by atoms with Gasteiger partial charge in [-0.15, -0.1) is 13.2 Å². The number of likely N-dealkylation sites (N-methyl/N-ethyl adjacent to an activating group) is 1. The Morgan fingerprint density at radius 1 is 1.20 bits per heavy atom. The SMILES string of the molecule is CN(C)[C@@H]1C(O)=C(C(N)=O)C(=O)[C@@]2(O)C(O)=C3C(=O)c4c(O)ccc(OC(F)(F)F)c4C[C@H]3C[C@@H]12. The second-order valence-corrected chi connectivity index (χ2v) is 8.95. The van der Waals surface area contributed by atoms with Crippen LogP contribution in [0.25, 0.3) is 0 Å². The highest BCUT2D eigenvalue weighted by molar-refractivity contribution is 6.24. The van der Waals surface area contributed by atoms with Gasteiger partial charge in [-0.3, -0.25) is 19.3 Å². The van der Waals surface area contributed by atoms with Crippen LogP contribution in [0, 0.1) is 11.8 Å². The van der Waals surface area contributed by atoms with Gasteiger partial charge in [-0.05, 0) is 45.0 Å². The number of allylic oxidation sites excluding steroid dienone is 1. The third-order valence-corrected chi connectivity index (χ3v) is 6.79. The number of carbonyl (C=O) groups is 3. The number of hydrogen-bond acceptors (Lipinski definition) is 9. The molecular formula is C22H21F3N2O8. The second-order valence-electron chi connectivity index (χ2n) is 8.95. The number of alkyl halides is 3. The summed E-state index contributed by atoms with van der Waals surface area (Å²) in [6.07, 6.45) is -5.67. The number of rotatable bonds is 3. The number of aromatic hydroxyl groups is 1. The van der Waals surface area contributed by atoms with E-state index in [9.17, 15) is 48.0 Å². The molecule has 0 saturated carbocycles. The Kier molecular flexibility index (Phi) is 5.41. The number of Topliss-reactive ketones (excluding diaryl/α,β-unsaturated/α-hetero) is 2. The third kappa shape index (κ3) is 3.45. The topological polar surface area (TPSA) is 171 Å². The molecule has 1 amide bonds. The molecule has 0 radical (unpaired) electrons. The first-order valence-corrected chi connectivity index (χ1v) is 10.4. The van der Waals surface area contributed by atoms with Gasteiger partial charge in [-0.1, -0.05) is 0 Å². The van der Waals surface area contributed by atoms with Gasteiger partial charge in [0, 0.05) is 17.1 Å². The minimum absolute atomic E-state index is 0.257. The maximum Gasteiger partial charge on any atom is 0.573 e. The average Bonchev–Trinajstić information content (AvgIpc) is 2.71. The van der Waals surface area contributed by atoms with Crippen LogP contribution in [0.1, 0.15) is 22.3 Å². The summed E-state index contributed by atoms with van der Waals surface area (Å²) in [5.74, 6) is -9.47. The van der Waals surface area contributed by atoms with Gasteiger partial charge in [0.2, 0.25) is 5.78 Å². The highest BCUT2D eigenvalue weighted by atomic mass is 19.4. The van der Waals surface area contributed by atoms with E-state index in [1.54, 1.807) is 0 Å². The lowest BCUT2D eigenvalue weighted by atomic mass is 9.58. The number of nitrogens with two attached hydrogens (primary N) is 1. The average molecular weight is 498 g/mol. The largest absolute Gasteiger partial charge is 0.573 e. The molecule has 188 valence electrons. The Bertz CT molecular complexity index is 1240. The maximum atomic E-state index is 13.3. The van der Waals surface area contributed by atoms with Crippen LogP contribution in [0.2, 0.25) is 0 Å². The molecule has 10 nitrogen and oxygen atoms in total. The number of amides is 1. The Hall–Kier alpha value is -3.58. The molecule has 13 heteroatoms. The zero-order valence-electron chi connectivity index (χ0n) is 18.4. The predicted octanol–water partition coefficient (Wildman–Crippen LogP) is 1.02. The molecule has 0 saturated heterocycles. The molecule has 6 N–H and O–H groups in total. The van der Waals surface area contributed by atoms with Gasteiger partial charge >= 0.3 is 6.36 Å². The summed E-state index contributed by atoms with van der Waals surface area (Å²) < 4.78 is 42.8. The number of aliphatic hydroxyl groups is 3. The smallest absolute Gasteiger partial charge is 0.510 e. The number of nitrogens with zero attached hydrogens (tertiary/aromatic N) is 1. The van der Waals surface area contributed by atoms with Gasteiger partial charge in [0.05, 0.1) is 11.6 Å². The number of phenols is 1. The van der Waals surface area contributed by atoms with Gasteiger partial charge in [0.15, 0.2) is 11.4 Å². The summed E-state index contributed by atoms with van der Waals surface area (Å²) in [4.78, 5) is 39.7. The summed E-state index contributed by atoms with van der Waals surface area (Å²) >= 11 is 0. The minimum Gasteiger partial charge on any atom is -0.510 e. The van der Waals surface area contributed by atoms with Crippen molar-refractivity contribution >= 4 is 17.5 Å². The Morgan fingerprint density at radius 2 is 1.83 bits per heavy atom. The summed E-state index contributed by atoms with van der Waals surface area (Å²) in [5.41, 5.74) is 0.124. The quantitative estimate of drug-likeness (QED) is 0.382. The number of hydrogen-bond donors (Lipinski definition) is 5. The molecule has 1 aromatic carbocycles. The van der Waals surface area contributed by atoms with E-state index >= 15 is 0 Å². The number of carbonyl (C=O) groups excluding carboxylic acids is 3. The molecule has 0 spiro atoms. The Balaban J connectivity index is 1.94. The summed E-state index contributed by atoms with van der Waals surface area (Å²) in [7, 11) is 2.92. The van der Waals surface area contributed by atoms with Crippen LogP contribution in [0.3, 0.4) is 0 Å². The lowest BCUT2D eigenvalue weighted by molar-refractivity contribution is -0.275. The van der Waals surface area contributed by atoms with Crippen LogP contribution in [0.4, 0.5) is 13.2 Å². The number of aliphatic hydroxyl groups excluding tert-OH is 2. The van der Waals surface area contributed by atoms with Crippen molar-refractivity contribution in [1.29, 1.82) is 0 Å². The van der Waals surface area contributed by atoms with Gasteiger partial charge in [0.1, 0.15) is 28.6 Å². The van der Waals surface area contributed by atoms with E-state index in [-0.39, 0.29) is 18.4 Å². The highest BCUT2D eigenvalue weighted by Gasteiger charge is 2.63. The van der Waals surface area contributed by atoms with Crippen LogP contribution in [-0.2, 0) is 16.0 Å². The van der Waals surface area contributed by atoms with Crippen molar-refractivity contribution in [1.82, 2.24) is 4.90 Å². The van der Waals surface area contributed by atoms with E-state index in [2.05, 4.69) is 4.74 Å². The number of primary amides is 1. The molecule has 0 unspecified atom stereocenters. The number of phenolic OH excluding ortho intramolecular Hbond substituents is 1. The van der Waals surface area contributed by atoms with E-state index in [0.29, 0.717) is 0 Å². The normalized spacial score (nSPS) is 28.6. The van der Waals surface area contributed by atoms with Crippen LogP contribution >= 0.6 is 0 Å². The number of benzene rings is 1. The van der Waals surface area contributed by atoms with Crippen molar-refractivity contribution in [3.8, 4) is 11.5 Å². The summed E-state index contributed by atoms with van der Waals surface area (Å²) in [6.45, 7) is 0. The molecule has 0 bridgehead atoms. The van der Waals surface area contributed by atoms with Crippen LogP contribution < -0.4 is 10.5 Å². The molecule has 3 aliphatic carbocycles. The van der Waals surface area contributed by atoms with Crippen molar-refractivity contribution in [2.45, 2.75) is 30.8 Å². The second kappa shape index (κ2) is 7.71. The molecule has 35 heavy (non-hydrogen) atoms. The van der Waals surface area contributed by atoms with Crippen molar-refractivity contribution in [3.63, 3.8) is 0 Å². The van der Waals surface area contributed by atoms with Crippen molar-refractivity contribution in [3.05, 3.63) is 45.9 Å². The number of ketones is 2. The van der Waals surface area contributed by atoms with Gasteiger partial charge in [-0.25, -0.2) is 0 Å². The van der Waals surface area contributed by atoms with Crippen molar-refractivity contribution < 1.29 is 52.7 Å². The van der Waals surface area contributed by atoms with E-state index in [4.69, 9.17) is 5.73 Å². The Labute approximate surface area is 195 Å². The number of ether oxygens (including phenoxy) is 1. The molecule has 0 fully saturated rings. The predicted molar refractivity (Wildman–Crippen MR) is 110 cm³/mol. The molecular weight excluding hydrogens is 477 g/mol. The molecule has 4 atom stereocenters. The fourth-order valence-corrected chi connectivity index (χ4v) is 5.44. The fraction of sp³-hybridized carbons (Fsp3) is 0.409. The zero-order valence-corrected chi connectivity index (χ0v) is 18.4. The fourth-order valence-electron chi connectivity index (χ4n) is 5.44. The molecule has 0 aromatic heterocycles. The maximum absolute atomic E-state index is 13.3. The van der Waals surface area contributed by atoms with E-state index in [1.165, 1.54) is 19.0 Å². The molecule has 4 rings (SSSR count). The van der Waals surface area contributed by atoms with Gasteiger partial charge in [-0.2, -0.15) is 0 Å². The first-order valence-electron chi connectivity index (χ1n) is 10.4.